The second-order valence-electron chi connectivity index (χ2n) is 5.68. The van der Waals surface area contributed by atoms with Gasteiger partial charge >= 0.3 is 0 Å². The maximum atomic E-state index is 11.5. The highest BCUT2D eigenvalue weighted by molar-refractivity contribution is 5.76. The van der Waals surface area contributed by atoms with Gasteiger partial charge in [0.2, 0.25) is 23.6 Å². The van der Waals surface area contributed by atoms with Crippen molar-refractivity contribution < 1.29 is 29.0 Å². The van der Waals surface area contributed by atoms with E-state index in [2.05, 4.69) is 21.3 Å². The summed E-state index contributed by atoms with van der Waals surface area (Å²) < 4.78 is 5.44. The van der Waals surface area contributed by atoms with Gasteiger partial charge < -0.3 is 31.1 Å². The number of amides is 4. The van der Waals surface area contributed by atoms with Gasteiger partial charge in [-0.15, -0.1) is 0 Å². The quantitative estimate of drug-likeness (QED) is 0.368. The number of ether oxygens (including phenoxy) is 1. The van der Waals surface area contributed by atoms with Crippen LogP contribution >= 0.6 is 0 Å². The summed E-state index contributed by atoms with van der Waals surface area (Å²) >= 11 is 0. The first-order valence-corrected chi connectivity index (χ1v) is 7.51. The molecule has 1 aliphatic rings. The van der Waals surface area contributed by atoms with E-state index in [-0.39, 0.29) is 18.4 Å². The van der Waals surface area contributed by atoms with E-state index in [4.69, 9.17) is 4.74 Å². The minimum absolute atomic E-state index is 0.0141. The van der Waals surface area contributed by atoms with Crippen molar-refractivity contribution in [3.8, 4) is 0 Å². The standard InChI is InChI=1S/C14H24N4O6/c1-6(19)15-5-10-11(16-7(2)20)12(17-8(3)21)13(14(23)24-10)18-9(4)22/h10-14,23H,5H2,1-4H3,(H,15,19)(H,16,20)(H,17,21)(H,18,22)/t10-,11+,12+,13-,14?/m1/s1. The van der Waals surface area contributed by atoms with Crippen molar-refractivity contribution in [3.05, 3.63) is 0 Å². The van der Waals surface area contributed by atoms with Gasteiger partial charge in [-0.1, -0.05) is 0 Å². The van der Waals surface area contributed by atoms with Gasteiger partial charge in [0.05, 0.1) is 12.1 Å². The van der Waals surface area contributed by atoms with Crippen LogP contribution in [0.5, 0.6) is 0 Å². The Kier molecular flexibility index (Phi) is 7.11. The van der Waals surface area contributed by atoms with E-state index in [1.807, 2.05) is 0 Å². The van der Waals surface area contributed by atoms with Gasteiger partial charge in [0, 0.05) is 34.2 Å². The van der Waals surface area contributed by atoms with Crippen LogP contribution in [0.25, 0.3) is 0 Å². The Balaban J connectivity index is 3.11. The van der Waals surface area contributed by atoms with E-state index >= 15 is 0 Å². The van der Waals surface area contributed by atoms with Crippen molar-refractivity contribution in [1.82, 2.24) is 21.3 Å². The third-order valence-electron chi connectivity index (χ3n) is 3.46. The molecule has 10 heteroatoms. The van der Waals surface area contributed by atoms with E-state index in [9.17, 15) is 24.3 Å². The summed E-state index contributed by atoms with van der Waals surface area (Å²) in [5, 5.41) is 20.5. The molecule has 1 heterocycles. The second kappa shape index (κ2) is 8.60. The lowest BCUT2D eigenvalue weighted by molar-refractivity contribution is -0.197. The van der Waals surface area contributed by atoms with E-state index in [0.717, 1.165) is 0 Å². The fraction of sp³-hybridized carbons (Fsp3) is 0.714. The number of aliphatic hydroxyl groups excluding tert-OH is 1. The lowest BCUT2D eigenvalue weighted by atomic mass is 9.90. The highest BCUT2D eigenvalue weighted by atomic mass is 16.6. The number of hydrogen-bond acceptors (Lipinski definition) is 6. The molecule has 1 rings (SSSR count). The predicted octanol–water partition coefficient (Wildman–Crippen LogP) is -2.65. The topological polar surface area (TPSA) is 146 Å². The molecule has 0 saturated carbocycles. The van der Waals surface area contributed by atoms with Crippen molar-refractivity contribution >= 4 is 23.6 Å². The van der Waals surface area contributed by atoms with Crippen LogP contribution in [0.15, 0.2) is 0 Å². The molecular formula is C14H24N4O6. The van der Waals surface area contributed by atoms with Gasteiger partial charge in [-0.25, -0.2) is 0 Å². The summed E-state index contributed by atoms with van der Waals surface area (Å²) in [6.07, 6.45) is -2.22. The zero-order valence-electron chi connectivity index (χ0n) is 14.1. The highest BCUT2D eigenvalue weighted by Crippen LogP contribution is 2.20. The Bertz CT molecular complexity index is 511. The van der Waals surface area contributed by atoms with Gasteiger partial charge in [-0.05, 0) is 0 Å². The fourth-order valence-corrected chi connectivity index (χ4v) is 2.63. The Hall–Kier alpha value is -2.20. The van der Waals surface area contributed by atoms with Gasteiger partial charge in [-0.2, -0.15) is 0 Å². The Morgan fingerprint density at radius 2 is 1.25 bits per heavy atom. The monoisotopic (exact) mass is 344 g/mol. The average Bonchev–Trinajstić information content (AvgIpc) is 2.42. The summed E-state index contributed by atoms with van der Waals surface area (Å²) in [4.78, 5) is 45.5. The van der Waals surface area contributed by atoms with Crippen LogP contribution in [0, 0.1) is 0 Å². The summed E-state index contributed by atoms with van der Waals surface area (Å²) in [7, 11) is 0. The summed E-state index contributed by atoms with van der Waals surface area (Å²) in [6.45, 7) is 5.16. The molecule has 1 unspecified atom stereocenters. The first-order valence-electron chi connectivity index (χ1n) is 7.51. The molecule has 5 atom stereocenters. The molecule has 0 aromatic carbocycles. The van der Waals surface area contributed by atoms with Crippen LogP contribution in [-0.4, -0.2) is 65.8 Å². The molecular weight excluding hydrogens is 320 g/mol. The van der Waals surface area contributed by atoms with Crippen molar-refractivity contribution in [2.45, 2.75) is 58.2 Å². The molecule has 0 aromatic heterocycles. The second-order valence-corrected chi connectivity index (χ2v) is 5.68. The number of aliphatic hydroxyl groups is 1. The van der Waals surface area contributed by atoms with Gasteiger partial charge in [0.15, 0.2) is 6.29 Å². The van der Waals surface area contributed by atoms with E-state index in [1.54, 1.807) is 0 Å². The zero-order valence-corrected chi connectivity index (χ0v) is 14.1. The van der Waals surface area contributed by atoms with Gasteiger partial charge in [0.1, 0.15) is 12.1 Å². The molecule has 24 heavy (non-hydrogen) atoms. The van der Waals surface area contributed by atoms with Gasteiger partial charge in [0.25, 0.3) is 0 Å². The highest BCUT2D eigenvalue weighted by Gasteiger charge is 2.46. The number of carbonyl (C=O) groups excluding carboxylic acids is 4. The van der Waals surface area contributed by atoms with Crippen LogP contribution < -0.4 is 21.3 Å². The van der Waals surface area contributed by atoms with Crippen molar-refractivity contribution in [2.75, 3.05) is 6.54 Å². The van der Waals surface area contributed by atoms with Crippen LogP contribution in [0.3, 0.4) is 0 Å². The Labute approximate surface area is 139 Å². The lowest BCUT2D eigenvalue weighted by Gasteiger charge is -2.45. The van der Waals surface area contributed by atoms with Crippen molar-refractivity contribution in [1.29, 1.82) is 0 Å². The van der Waals surface area contributed by atoms with E-state index < -0.39 is 42.3 Å². The molecule has 5 N–H and O–H groups in total. The first kappa shape index (κ1) is 19.8. The molecule has 1 aliphatic heterocycles. The lowest BCUT2D eigenvalue weighted by Crippen LogP contribution is -2.73. The molecule has 0 bridgehead atoms. The smallest absolute Gasteiger partial charge is 0.217 e. The van der Waals surface area contributed by atoms with Crippen LogP contribution in [0.2, 0.25) is 0 Å². The molecule has 0 aliphatic carbocycles. The van der Waals surface area contributed by atoms with E-state index in [1.165, 1.54) is 27.7 Å². The Morgan fingerprint density at radius 1 is 0.792 bits per heavy atom. The number of rotatable bonds is 5. The number of hydrogen-bond donors (Lipinski definition) is 5. The number of nitrogens with one attached hydrogen (secondary N) is 4. The van der Waals surface area contributed by atoms with Gasteiger partial charge in [-0.3, -0.25) is 19.2 Å². The fourth-order valence-electron chi connectivity index (χ4n) is 2.63. The number of carbonyl (C=O) groups is 4. The van der Waals surface area contributed by atoms with Crippen LogP contribution in [0.1, 0.15) is 27.7 Å². The minimum atomic E-state index is -1.42. The van der Waals surface area contributed by atoms with Crippen LogP contribution in [0.4, 0.5) is 0 Å². The molecule has 0 spiro atoms. The molecule has 1 fully saturated rings. The first-order chi connectivity index (χ1) is 11.1. The summed E-state index contributed by atoms with van der Waals surface area (Å²) in [5.74, 6) is -1.53. The third-order valence-corrected chi connectivity index (χ3v) is 3.46. The van der Waals surface area contributed by atoms with Crippen LogP contribution in [-0.2, 0) is 23.9 Å². The Morgan fingerprint density at radius 3 is 1.71 bits per heavy atom. The minimum Gasteiger partial charge on any atom is -0.366 e. The maximum Gasteiger partial charge on any atom is 0.217 e. The SMILES string of the molecule is CC(=O)NC[C@H]1OC(O)[C@H](NC(C)=O)[C@@H](NC(C)=O)[C@H]1NC(C)=O. The molecule has 136 valence electrons. The molecule has 0 radical (unpaired) electrons. The van der Waals surface area contributed by atoms with Crippen molar-refractivity contribution in [3.63, 3.8) is 0 Å². The largest absolute Gasteiger partial charge is 0.366 e. The van der Waals surface area contributed by atoms with E-state index in [0.29, 0.717) is 0 Å². The maximum absolute atomic E-state index is 11.5. The normalized spacial score (nSPS) is 29.3. The third kappa shape index (κ3) is 5.78. The average molecular weight is 344 g/mol. The molecule has 1 saturated heterocycles. The van der Waals surface area contributed by atoms with Crippen molar-refractivity contribution in [2.24, 2.45) is 0 Å². The predicted molar refractivity (Wildman–Crippen MR) is 82.4 cm³/mol. The summed E-state index contributed by atoms with van der Waals surface area (Å²) in [6, 6.07) is -2.55. The molecule has 4 amide bonds. The molecule has 10 nitrogen and oxygen atoms in total. The molecule has 0 aromatic rings. The zero-order chi connectivity index (χ0) is 18.4. The summed E-state index contributed by atoms with van der Waals surface area (Å²) in [5.41, 5.74) is 0.